The number of nitrogens with one attached hydrogen (secondary N) is 1. The molecule has 0 spiro atoms. The average Bonchev–Trinajstić information content (AvgIpc) is 2.86. The minimum Gasteiger partial charge on any atom is -0.444 e. The molecule has 6 nitrogen and oxygen atoms in total. The zero-order valence-corrected chi connectivity index (χ0v) is 15.8. The number of benzene rings is 1. The van der Waals surface area contributed by atoms with Gasteiger partial charge in [-0.25, -0.2) is 9.18 Å². The average molecular weight is 362 g/mol. The molecule has 26 heavy (non-hydrogen) atoms. The van der Waals surface area contributed by atoms with Crippen LogP contribution in [0.1, 0.15) is 40.2 Å². The quantitative estimate of drug-likeness (QED) is 0.832. The van der Waals surface area contributed by atoms with E-state index in [9.17, 15) is 14.4 Å². The van der Waals surface area contributed by atoms with Crippen molar-refractivity contribution >= 4 is 18.7 Å². The van der Waals surface area contributed by atoms with Crippen LogP contribution in [-0.4, -0.2) is 37.1 Å². The molecule has 1 N–H and O–H groups in total. The van der Waals surface area contributed by atoms with Crippen LogP contribution >= 0.6 is 0 Å². The fraction of sp³-hybridized carbons (Fsp3) is 0.556. The Balaban J connectivity index is 2.02. The lowest BCUT2D eigenvalue weighted by Gasteiger charge is -2.21. The van der Waals surface area contributed by atoms with Gasteiger partial charge in [0.2, 0.25) is 0 Å². The van der Waals surface area contributed by atoms with Crippen LogP contribution in [0, 0.1) is 17.1 Å². The smallest absolute Gasteiger partial charge is 0.444 e. The van der Waals surface area contributed by atoms with Crippen molar-refractivity contribution in [2.45, 2.75) is 58.3 Å². The Kier molecular flexibility index (Phi) is 5.94. The first-order valence-corrected chi connectivity index (χ1v) is 8.46. The number of nitriles is 1. The van der Waals surface area contributed by atoms with Crippen molar-refractivity contribution in [1.82, 2.24) is 5.32 Å². The molecule has 1 atom stereocenters. The third kappa shape index (κ3) is 5.72. The molecule has 1 aromatic rings. The van der Waals surface area contributed by atoms with Crippen molar-refractivity contribution in [3.05, 3.63) is 29.6 Å². The zero-order valence-electron chi connectivity index (χ0n) is 15.8. The van der Waals surface area contributed by atoms with Gasteiger partial charge in [0.25, 0.3) is 0 Å². The van der Waals surface area contributed by atoms with Crippen molar-refractivity contribution in [2.75, 3.05) is 6.61 Å². The fourth-order valence-electron chi connectivity index (χ4n) is 2.47. The highest BCUT2D eigenvalue weighted by atomic mass is 19.1. The molecule has 1 aliphatic rings. The van der Waals surface area contributed by atoms with Gasteiger partial charge >= 0.3 is 13.2 Å². The van der Waals surface area contributed by atoms with E-state index in [1.54, 1.807) is 32.9 Å². The van der Waals surface area contributed by atoms with E-state index >= 15 is 0 Å². The van der Waals surface area contributed by atoms with Crippen LogP contribution < -0.4 is 10.8 Å². The van der Waals surface area contributed by atoms with E-state index in [0.717, 1.165) is 0 Å². The van der Waals surface area contributed by atoms with E-state index in [4.69, 9.17) is 14.0 Å². The van der Waals surface area contributed by atoms with E-state index in [1.807, 2.05) is 19.9 Å². The van der Waals surface area contributed by atoms with Crippen molar-refractivity contribution in [2.24, 2.45) is 0 Å². The monoisotopic (exact) mass is 362 g/mol. The van der Waals surface area contributed by atoms with Crippen LogP contribution in [-0.2, 0) is 20.5 Å². The molecule has 1 heterocycles. The summed E-state index contributed by atoms with van der Waals surface area (Å²) in [6.07, 6.45) is -0.684. The van der Waals surface area contributed by atoms with Gasteiger partial charge in [-0.15, -0.1) is 0 Å². The summed E-state index contributed by atoms with van der Waals surface area (Å²) < 4.78 is 30.8. The van der Waals surface area contributed by atoms with Crippen molar-refractivity contribution in [1.29, 1.82) is 5.26 Å². The lowest BCUT2D eigenvalue weighted by atomic mass is 9.78. The van der Waals surface area contributed by atoms with Gasteiger partial charge in [0.15, 0.2) is 0 Å². The Morgan fingerprint density at radius 3 is 2.69 bits per heavy atom. The number of hydrogen-bond donors (Lipinski definition) is 1. The van der Waals surface area contributed by atoms with E-state index in [1.165, 1.54) is 6.07 Å². The van der Waals surface area contributed by atoms with Gasteiger partial charge in [0.05, 0.1) is 18.3 Å². The second-order valence-electron chi connectivity index (χ2n) is 7.90. The Morgan fingerprint density at radius 2 is 2.19 bits per heavy atom. The van der Waals surface area contributed by atoms with Crippen LogP contribution in [0.3, 0.4) is 0 Å². The number of halogens is 1. The normalized spacial score (nSPS) is 17.5. The van der Waals surface area contributed by atoms with Gasteiger partial charge in [-0.2, -0.15) is 5.26 Å². The molecule has 140 valence electrons. The van der Waals surface area contributed by atoms with E-state index in [0.29, 0.717) is 17.6 Å². The third-order valence-electron chi connectivity index (χ3n) is 3.63. The maximum atomic E-state index is 14.4. The summed E-state index contributed by atoms with van der Waals surface area (Å²) in [7, 11) is -0.611. The predicted molar refractivity (Wildman–Crippen MR) is 95.4 cm³/mol. The molecule has 1 amide bonds. The summed E-state index contributed by atoms with van der Waals surface area (Å²) in [5, 5.41) is 11.7. The SMILES string of the molecule is CC(C)(C)OC(=O)N[C@H](C#N)Cc1ccc(B2OCC(C)(C)O2)cc1F. The number of hydrogen-bond acceptors (Lipinski definition) is 5. The number of rotatable bonds is 4. The summed E-state index contributed by atoms with van der Waals surface area (Å²) in [5.41, 5.74) is -0.200. The van der Waals surface area contributed by atoms with E-state index in [2.05, 4.69) is 5.32 Å². The minimum atomic E-state index is -0.900. The summed E-state index contributed by atoms with van der Waals surface area (Å²) >= 11 is 0. The van der Waals surface area contributed by atoms with Gasteiger partial charge in [0.1, 0.15) is 17.5 Å². The number of ether oxygens (including phenoxy) is 1. The Hall–Kier alpha value is -2.11. The number of carbonyl (C=O) groups excluding carboxylic acids is 1. The molecule has 0 bridgehead atoms. The highest BCUT2D eigenvalue weighted by Crippen LogP contribution is 2.20. The standard InChI is InChI=1S/C18H24BFN2O4/c1-17(2,3)25-16(23)22-14(10-21)8-12-6-7-13(9-15(12)20)19-24-11-18(4,5)26-19/h6-7,9,14H,8,11H2,1-5H3,(H,22,23)/t14-/m0/s1. The van der Waals surface area contributed by atoms with E-state index in [-0.39, 0.29) is 6.42 Å². The number of carbonyl (C=O) groups is 1. The molecule has 1 fully saturated rings. The molecule has 2 rings (SSSR count). The molecule has 0 aliphatic carbocycles. The molecular formula is C18H24BFN2O4. The highest BCUT2D eigenvalue weighted by molar-refractivity contribution is 6.61. The summed E-state index contributed by atoms with van der Waals surface area (Å²) in [6, 6.07) is 5.66. The molecule has 1 aromatic carbocycles. The first-order chi connectivity index (χ1) is 12.0. The molecule has 1 saturated heterocycles. The minimum absolute atomic E-state index is 0.0275. The molecular weight excluding hydrogens is 338 g/mol. The fourth-order valence-corrected chi connectivity index (χ4v) is 2.47. The first kappa shape index (κ1) is 20.2. The molecule has 0 saturated carbocycles. The third-order valence-corrected chi connectivity index (χ3v) is 3.63. The van der Waals surface area contributed by atoms with Gasteiger partial charge in [-0.05, 0) is 51.7 Å². The zero-order chi connectivity index (χ0) is 19.5. The second kappa shape index (κ2) is 7.64. The molecule has 0 aromatic heterocycles. The molecule has 0 unspecified atom stereocenters. The highest BCUT2D eigenvalue weighted by Gasteiger charge is 2.38. The van der Waals surface area contributed by atoms with E-state index < -0.39 is 36.3 Å². The van der Waals surface area contributed by atoms with Crippen LogP contribution in [0.2, 0.25) is 0 Å². The molecule has 1 aliphatic heterocycles. The maximum Gasteiger partial charge on any atom is 0.494 e. The Labute approximate surface area is 153 Å². The lowest BCUT2D eigenvalue weighted by Crippen LogP contribution is -2.39. The lowest BCUT2D eigenvalue weighted by molar-refractivity contribution is 0.0515. The van der Waals surface area contributed by atoms with Crippen LogP contribution in [0.25, 0.3) is 0 Å². The largest absolute Gasteiger partial charge is 0.494 e. The van der Waals surface area contributed by atoms with Gasteiger partial charge in [-0.1, -0.05) is 12.1 Å². The number of amides is 1. The summed E-state index contributed by atoms with van der Waals surface area (Å²) in [6.45, 7) is 9.40. The Bertz CT molecular complexity index is 712. The van der Waals surface area contributed by atoms with Crippen molar-refractivity contribution in [3.63, 3.8) is 0 Å². The number of nitrogens with zero attached hydrogens (tertiary/aromatic N) is 1. The second-order valence-corrected chi connectivity index (χ2v) is 7.90. The van der Waals surface area contributed by atoms with Crippen LogP contribution in [0.5, 0.6) is 0 Å². The van der Waals surface area contributed by atoms with Crippen molar-refractivity contribution < 1.29 is 23.2 Å². The number of alkyl carbamates (subject to hydrolysis) is 1. The predicted octanol–water partition coefficient (Wildman–Crippen LogP) is 2.31. The van der Waals surface area contributed by atoms with Crippen LogP contribution in [0.4, 0.5) is 9.18 Å². The Morgan fingerprint density at radius 1 is 1.50 bits per heavy atom. The summed E-state index contributed by atoms with van der Waals surface area (Å²) in [5.74, 6) is -0.481. The van der Waals surface area contributed by atoms with Gasteiger partial charge in [0, 0.05) is 6.42 Å². The van der Waals surface area contributed by atoms with Crippen LogP contribution in [0.15, 0.2) is 18.2 Å². The first-order valence-electron chi connectivity index (χ1n) is 8.46. The summed E-state index contributed by atoms with van der Waals surface area (Å²) in [4.78, 5) is 11.8. The maximum absolute atomic E-state index is 14.4. The molecule has 8 heteroatoms. The molecule has 0 radical (unpaired) electrons. The van der Waals surface area contributed by atoms with Crippen molar-refractivity contribution in [3.8, 4) is 6.07 Å². The topological polar surface area (TPSA) is 80.6 Å². The van der Waals surface area contributed by atoms with Gasteiger partial charge in [-0.3, -0.25) is 0 Å². The van der Waals surface area contributed by atoms with Gasteiger partial charge < -0.3 is 19.4 Å².